The standard InChI is InChI=1S/C10H11ClN2O2/c11-8-3-7(10(14)15)4-9(13-8)12-5-6-1-2-6/h3-4,6H,1-2,5H2,(H,12,13)(H,14,15). The fourth-order valence-corrected chi connectivity index (χ4v) is 1.49. The monoisotopic (exact) mass is 226 g/mol. The molecule has 0 aromatic carbocycles. The molecule has 2 N–H and O–H groups in total. The van der Waals surface area contributed by atoms with Gasteiger partial charge in [-0.25, -0.2) is 9.78 Å². The summed E-state index contributed by atoms with van der Waals surface area (Å²) in [6.45, 7) is 0.840. The van der Waals surface area contributed by atoms with Gasteiger partial charge in [-0.3, -0.25) is 0 Å². The van der Waals surface area contributed by atoms with E-state index in [1.807, 2.05) is 0 Å². The molecule has 0 bridgehead atoms. The number of nitrogens with one attached hydrogen (secondary N) is 1. The largest absolute Gasteiger partial charge is 0.478 e. The molecule has 0 spiro atoms. The highest BCUT2D eigenvalue weighted by molar-refractivity contribution is 6.29. The zero-order chi connectivity index (χ0) is 10.8. The van der Waals surface area contributed by atoms with E-state index >= 15 is 0 Å². The summed E-state index contributed by atoms with van der Waals surface area (Å²) in [6.07, 6.45) is 2.47. The molecule has 0 atom stereocenters. The van der Waals surface area contributed by atoms with Gasteiger partial charge < -0.3 is 10.4 Å². The summed E-state index contributed by atoms with van der Waals surface area (Å²) in [7, 11) is 0. The molecule has 0 saturated heterocycles. The number of anilines is 1. The van der Waals surface area contributed by atoms with Crippen LogP contribution < -0.4 is 5.32 Å². The van der Waals surface area contributed by atoms with Crippen molar-refractivity contribution in [3.63, 3.8) is 0 Å². The Balaban J connectivity index is 2.10. The summed E-state index contributed by atoms with van der Waals surface area (Å²) < 4.78 is 0. The molecule has 1 aromatic rings. The molecule has 5 heteroatoms. The van der Waals surface area contributed by atoms with Crippen molar-refractivity contribution in [2.45, 2.75) is 12.8 Å². The van der Waals surface area contributed by atoms with Gasteiger partial charge in [-0.1, -0.05) is 11.6 Å². The van der Waals surface area contributed by atoms with E-state index in [1.54, 1.807) is 0 Å². The molecule has 15 heavy (non-hydrogen) atoms. The number of halogens is 1. The van der Waals surface area contributed by atoms with E-state index in [4.69, 9.17) is 16.7 Å². The highest BCUT2D eigenvalue weighted by Crippen LogP contribution is 2.28. The van der Waals surface area contributed by atoms with Gasteiger partial charge in [0.15, 0.2) is 0 Å². The molecule has 1 aromatic heterocycles. The van der Waals surface area contributed by atoms with Gasteiger partial charge in [0.1, 0.15) is 11.0 Å². The molecule has 2 rings (SSSR count). The molecule has 0 unspecified atom stereocenters. The second-order valence-corrected chi connectivity index (χ2v) is 4.08. The van der Waals surface area contributed by atoms with Gasteiger partial charge in [0.25, 0.3) is 0 Å². The number of hydrogen-bond acceptors (Lipinski definition) is 3. The average Bonchev–Trinajstić information content (AvgIpc) is 2.97. The van der Waals surface area contributed by atoms with Crippen LogP contribution in [-0.4, -0.2) is 22.6 Å². The number of aromatic nitrogens is 1. The van der Waals surface area contributed by atoms with Crippen LogP contribution in [0.15, 0.2) is 12.1 Å². The number of carboxylic acids is 1. The lowest BCUT2D eigenvalue weighted by atomic mass is 10.2. The molecule has 0 aliphatic heterocycles. The van der Waals surface area contributed by atoms with Crippen LogP contribution in [0.4, 0.5) is 5.82 Å². The van der Waals surface area contributed by atoms with Crippen LogP contribution in [0.2, 0.25) is 5.15 Å². The molecule has 0 radical (unpaired) electrons. The molecule has 1 saturated carbocycles. The van der Waals surface area contributed by atoms with Crippen LogP contribution in [0.1, 0.15) is 23.2 Å². The maximum absolute atomic E-state index is 10.7. The molecule has 0 amide bonds. The quantitative estimate of drug-likeness (QED) is 0.773. The van der Waals surface area contributed by atoms with E-state index < -0.39 is 5.97 Å². The molecule has 1 heterocycles. The third-order valence-electron chi connectivity index (χ3n) is 2.31. The number of rotatable bonds is 4. The third-order valence-corrected chi connectivity index (χ3v) is 2.50. The number of carbonyl (C=O) groups is 1. The highest BCUT2D eigenvalue weighted by atomic mass is 35.5. The van der Waals surface area contributed by atoms with E-state index in [-0.39, 0.29) is 10.7 Å². The van der Waals surface area contributed by atoms with Gasteiger partial charge in [0.2, 0.25) is 0 Å². The minimum atomic E-state index is -0.992. The Hall–Kier alpha value is -1.29. The first-order chi connectivity index (χ1) is 7.15. The van der Waals surface area contributed by atoms with Crippen molar-refractivity contribution >= 4 is 23.4 Å². The van der Waals surface area contributed by atoms with Crippen molar-refractivity contribution in [2.75, 3.05) is 11.9 Å². The topological polar surface area (TPSA) is 62.2 Å². The lowest BCUT2D eigenvalue weighted by Gasteiger charge is -2.05. The van der Waals surface area contributed by atoms with Crippen LogP contribution in [0, 0.1) is 5.92 Å². The summed E-state index contributed by atoms with van der Waals surface area (Å²) in [5.74, 6) is 0.250. The Morgan fingerprint density at radius 1 is 1.60 bits per heavy atom. The maximum Gasteiger partial charge on any atom is 0.335 e. The Morgan fingerprint density at radius 3 is 2.93 bits per heavy atom. The Bertz CT molecular complexity index is 391. The Kier molecular flexibility index (Phi) is 2.77. The SMILES string of the molecule is O=C(O)c1cc(Cl)nc(NCC2CC2)c1. The average molecular weight is 227 g/mol. The zero-order valence-electron chi connectivity index (χ0n) is 8.03. The van der Waals surface area contributed by atoms with Crippen LogP contribution in [0.3, 0.4) is 0 Å². The maximum atomic E-state index is 10.7. The van der Waals surface area contributed by atoms with Crippen molar-refractivity contribution in [3.05, 3.63) is 22.8 Å². The second-order valence-electron chi connectivity index (χ2n) is 3.69. The fraction of sp³-hybridized carbons (Fsp3) is 0.400. The van der Waals surface area contributed by atoms with E-state index in [2.05, 4.69) is 10.3 Å². The lowest BCUT2D eigenvalue weighted by Crippen LogP contribution is -2.07. The summed E-state index contributed by atoms with van der Waals surface area (Å²) in [4.78, 5) is 14.7. The van der Waals surface area contributed by atoms with Crippen molar-refractivity contribution in [1.29, 1.82) is 0 Å². The van der Waals surface area contributed by atoms with E-state index in [0.29, 0.717) is 11.7 Å². The predicted molar refractivity (Wildman–Crippen MR) is 57.4 cm³/mol. The molecule has 1 aliphatic carbocycles. The predicted octanol–water partition coefficient (Wildman–Crippen LogP) is 2.26. The smallest absolute Gasteiger partial charge is 0.335 e. The Morgan fingerprint density at radius 2 is 2.33 bits per heavy atom. The van der Waals surface area contributed by atoms with E-state index in [0.717, 1.165) is 6.54 Å². The molecule has 1 aliphatic rings. The molecular formula is C10H11ClN2O2. The molecule has 1 fully saturated rings. The first-order valence-corrected chi connectivity index (χ1v) is 5.17. The first-order valence-electron chi connectivity index (χ1n) is 4.80. The summed E-state index contributed by atoms with van der Waals surface area (Å²) >= 11 is 5.71. The van der Waals surface area contributed by atoms with Crippen molar-refractivity contribution < 1.29 is 9.90 Å². The fourth-order valence-electron chi connectivity index (χ4n) is 1.28. The Labute approximate surface area is 92.3 Å². The summed E-state index contributed by atoms with van der Waals surface area (Å²) in [5, 5.41) is 12.1. The van der Waals surface area contributed by atoms with E-state index in [9.17, 15) is 4.79 Å². The van der Waals surface area contributed by atoms with Crippen LogP contribution in [-0.2, 0) is 0 Å². The first kappa shape index (κ1) is 10.2. The number of pyridine rings is 1. The third kappa shape index (κ3) is 2.83. The van der Waals surface area contributed by atoms with Gasteiger partial charge in [0, 0.05) is 6.54 Å². The second kappa shape index (κ2) is 4.06. The highest BCUT2D eigenvalue weighted by Gasteiger charge is 2.21. The molecular weight excluding hydrogens is 216 g/mol. The van der Waals surface area contributed by atoms with E-state index in [1.165, 1.54) is 25.0 Å². The normalized spacial score (nSPS) is 15.0. The minimum Gasteiger partial charge on any atom is -0.478 e. The molecule has 4 nitrogen and oxygen atoms in total. The minimum absolute atomic E-state index is 0.160. The van der Waals surface area contributed by atoms with Crippen molar-refractivity contribution in [1.82, 2.24) is 4.98 Å². The van der Waals surface area contributed by atoms with Gasteiger partial charge in [-0.05, 0) is 30.9 Å². The van der Waals surface area contributed by atoms with Gasteiger partial charge in [0.05, 0.1) is 5.56 Å². The summed E-state index contributed by atoms with van der Waals surface area (Å²) in [6, 6.07) is 2.84. The number of carboxylic acid groups (broad SMARTS) is 1. The van der Waals surface area contributed by atoms with Gasteiger partial charge in [-0.2, -0.15) is 0 Å². The number of aromatic carboxylic acids is 1. The van der Waals surface area contributed by atoms with Crippen LogP contribution in [0.25, 0.3) is 0 Å². The lowest BCUT2D eigenvalue weighted by molar-refractivity contribution is 0.0697. The zero-order valence-corrected chi connectivity index (χ0v) is 8.79. The van der Waals surface area contributed by atoms with Gasteiger partial charge >= 0.3 is 5.97 Å². The van der Waals surface area contributed by atoms with Crippen LogP contribution in [0.5, 0.6) is 0 Å². The molecule has 80 valence electrons. The van der Waals surface area contributed by atoms with Gasteiger partial charge in [-0.15, -0.1) is 0 Å². The number of hydrogen-bond donors (Lipinski definition) is 2. The van der Waals surface area contributed by atoms with Crippen molar-refractivity contribution in [2.24, 2.45) is 5.92 Å². The number of nitrogens with zero attached hydrogens (tertiary/aromatic N) is 1. The van der Waals surface area contributed by atoms with Crippen molar-refractivity contribution in [3.8, 4) is 0 Å². The summed E-state index contributed by atoms with van der Waals surface area (Å²) in [5.41, 5.74) is 0.160. The van der Waals surface area contributed by atoms with Crippen LogP contribution >= 0.6 is 11.6 Å².